The van der Waals surface area contributed by atoms with Crippen molar-refractivity contribution in [3.05, 3.63) is 52.3 Å². The summed E-state index contributed by atoms with van der Waals surface area (Å²) in [6.07, 6.45) is 6.39. The summed E-state index contributed by atoms with van der Waals surface area (Å²) in [5, 5.41) is 12.8. The second kappa shape index (κ2) is 9.86. The highest BCUT2D eigenvalue weighted by Crippen LogP contribution is 2.37. The minimum absolute atomic E-state index is 0.240. The topological polar surface area (TPSA) is 115 Å². The average molecular weight is 557 g/mol. The highest BCUT2D eigenvalue weighted by Gasteiger charge is 2.28. The van der Waals surface area contributed by atoms with Gasteiger partial charge in [-0.2, -0.15) is 0 Å². The van der Waals surface area contributed by atoms with Gasteiger partial charge in [-0.3, -0.25) is 14.4 Å². The Morgan fingerprint density at radius 3 is 2.76 bits per heavy atom. The highest BCUT2D eigenvalue weighted by molar-refractivity contribution is 7.94. The Balaban J connectivity index is 1.19. The van der Waals surface area contributed by atoms with Crippen molar-refractivity contribution in [1.29, 1.82) is 0 Å². The van der Waals surface area contributed by atoms with Gasteiger partial charge in [-0.15, -0.1) is 22.7 Å². The van der Waals surface area contributed by atoms with Crippen LogP contribution >= 0.6 is 22.7 Å². The maximum Gasteiger partial charge on any atom is 0.306 e. The number of fused-ring (bicyclic) bond motifs is 1. The van der Waals surface area contributed by atoms with Gasteiger partial charge in [0, 0.05) is 23.0 Å². The molecule has 4 aromatic rings. The van der Waals surface area contributed by atoms with E-state index in [1.54, 1.807) is 17.4 Å². The number of sulfonamides is 1. The van der Waals surface area contributed by atoms with Crippen LogP contribution in [0.15, 0.2) is 46.1 Å². The first kappa shape index (κ1) is 24.6. The van der Waals surface area contributed by atoms with Crippen LogP contribution in [0.2, 0.25) is 0 Å². The fraction of sp³-hybridized carbons (Fsp3) is 0.385. The summed E-state index contributed by atoms with van der Waals surface area (Å²) in [6.45, 7) is 2.29. The zero-order valence-corrected chi connectivity index (χ0v) is 22.6. The molecule has 0 amide bonds. The Kier molecular flexibility index (Phi) is 6.56. The van der Waals surface area contributed by atoms with Crippen molar-refractivity contribution in [3.63, 3.8) is 0 Å². The van der Waals surface area contributed by atoms with E-state index in [2.05, 4.69) is 19.6 Å². The molecule has 1 aliphatic heterocycles. The molecule has 1 aliphatic carbocycles. The van der Waals surface area contributed by atoms with Gasteiger partial charge in [-0.25, -0.2) is 13.4 Å². The molecule has 2 aliphatic rings. The summed E-state index contributed by atoms with van der Waals surface area (Å²) in [7, 11) is -3.69. The number of H-pyrrole nitrogens is 1. The number of aromatic nitrogens is 2. The summed E-state index contributed by atoms with van der Waals surface area (Å²) in [4.78, 5) is 22.6. The molecule has 4 heterocycles. The number of likely N-dealkylation sites (tertiary alicyclic amines) is 1. The third kappa shape index (κ3) is 5.31. The molecule has 1 saturated heterocycles. The highest BCUT2D eigenvalue weighted by atomic mass is 32.2. The van der Waals surface area contributed by atoms with E-state index in [-0.39, 0.29) is 5.92 Å². The predicted molar refractivity (Wildman–Crippen MR) is 147 cm³/mol. The summed E-state index contributed by atoms with van der Waals surface area (Å²) < 4.78 is 29.8. The largest absolute Gasteiger partial charge is 0.481 e. The Morgan fingerprint density at radius 1 is 1.19 bits per heavy atom. The summed E-state index contributed by atoms with van der Waals surface area (Å²) in [6, 6.07) is 9.52. The molecular formula is C26H28N4O4S3. The monoisotopic (exact) mass is 556 g/mol. The van der Waals surface area contributed by atoms with Gasteiger partial charge in [0.2, 0.25) is 0 Å². The number of para-hydroxylation sites is 1. The van der Waals surface area contributed by atoms with Crippen LogP contribution in [0.3, 0.4) is 0 Å². The lowest BCUT2D eigenvalue weighted by atomic mass is 9.97. The number of anilines is 1. The number of benzene rings is 1. The molecule has 0 spiro atoms. The molecular weight excluding hydrogens is 529 g/mol. The van der Waals surface area contributed by atoms with E-state index in [1.807, 2.05) is 35.8 Å². The van der Waals surface area contributed by atoms with E-state index < -0.39 is 16.0 Å². The van der Waals surface area contributed by atoms with Crippen molar-refractivity contribution in [1.82, 2.24) is 14.9 Å². The standard InChI is InChI=1S/C26H28N4O4S3/c31-25(32)17-6-9-30(10-7-17)15-20-14-27-24(36-20)22-13-18-2-1-3-21(23(18)28-22)29-37(33,34)26-19(8-11-35-26)12-16-4-5-16/h1-3,8,11,13-14,16-17,28-29H,4-7,9-10,12,15H2,(H,31,32). The number of aromatic amines is 1. The Labute approximate surface area is 223 Å². The second-order valence-electron chi connectivity index (χ2n) is 9.96. The van der Waals surface area contributed by atoms with Crippen LogP contribution in [0, 0.1) is 11.8 Å². The SMILES string of the molecule is O=C(O)C1CCN(Cc2cnc(-c3cc4cccc(NS(=O)(=O)c5sccc5CC5CC5)c4[nH]3)s2)CC1. The fourth-order valence-electron chi connectivity index (χ4n) is 4.95. The first-order valence-electron chi connectivity index (χ1n) is 12.5. The number of nitrogens with zero attached hydrogens (tertiary/aromatic N) is 2. The van der Waals surface area contributed by atoms with E-state index >= 15 is 0 Å². The van der Waals surface area contributed by atoms with Crippen LogP contribution in [0.1, 0.15) is 36.1 Å². The van der Waals surface area contributed by atoms with Gasteiger partial charge in [0.15, 0.2) is 0 Å². The molecule has 6 rings (SSSR count). The third-order valence-electron chi connectivity index (χ3n) is 7.16. The average Bonchev–Trinajstić information content (AvgIpc) is 3.24. The fourth-order valence-corrected chi connectivity index (χ4v) is 8.39. The first-order valence-corrected chi connectivity index (χ1v) is 15.6. The van der Waals surface area contributed by atoms with E-state index in [9.17, 15) is 18.3 Å². The van der Waals surface area contributed by atoms with Crippen LogP contribution in [0.5, 0.6) is 0 Å². The third-order valence-corrected chi connectivity index (χ3v) is 11.1. The Morgan fingerprint density at radius 2 is 2.00 bits per heavy atom. The molecule has 3 aromatic heterocycles. The number of hydrogen-bond donors (Lipinski definition) is 3. The van der Waals surface area contributed by atoms with Gasteiger partial charge >= 0.3 is 5.97 Å². The van der Waals surface area contributed by atoms with E-state index in [1.165, 1.54) is 24.2 Å². The number of nitrogens with one attached hydrogen (secondary N) is 2. The number of thiophene rings is 1. The quantitative estimate of drug-likeness (QED) is 0.254. The number of rotatable bonds is 9. The van der Waals surface area contributed by atoms with Gasteiger partial charge in [0.25, 0.3) is 10.0 Å². The van der Waals surface area contributed by atoms with E-state index in [4.69, 9.17) is 0 Å². The van der Waals surface area contributed by atoms with Crippen molar-refractivity contribution in [2.45, 2.75) is 42.9 Å². The molecule has 0 unspecified atom stereocenters. The lowest BCUT2D eigenvalue weighted by Crippen LogP contribution is -2.35. The van der Waals surface area contributed by atoms with Gasteiger partial charge in [-0.05, 0) is 80.3 Å². The lowest BCUT2D eigenvalue weighted by Gasteiger charge is -2.29. The van der Waals surface area contributed by atoms with Crippen LogP contribution < -0.4 is 4.72 Å². The van der Waals surface area contributed by atoms with Crippen molar-refractivity contribution in [3.8, 4) is 10.7 Å². The number of hydrogen-bond acceptors (Lipinski definition) is 7. The van der Waals surface area contributed by atoms with Gasteiger partial charge < -0.3 is 10.1 Å². The molecule has 0 atom stereocenters. The molecule has 2 fully saturated rings. The maximum absolute atomic E-state index is 13.3. The lowest BCUT2D eigenvalue weighted by molar-refractivity contribution is -0.143. The molecule has 0 radical (unpaired) electrons. The molecule has 37 heavy (non-hydrogen) atoms. The molecule has 194 valence electrons. The zero-order valence-electron chi connectivity index (χ0n) is 20.1. The van der Waals surface area contributed by atoms with E-state index in [0.717, 1.165) is 58.1 Å². The maximum atomic E-state index is 13.3. The molecule has 1 aromatic carbocycles. The molecule has 8 nitrogen and oxygen atoms in total. The molecule has 11 heteroatoms. The van der Waals surface area contributed by atoms with Gasteiger partial charge in [0.05, 0.1) is 22.8 Å². The van der Waals surface area contributed by atoms with Gasteiger partial charge in [-0.1, -0.05) is 12.1 Å². The number of carbonyl (C=O) groups is 1. The van der Waals surface area contributed by atoms with Crippen LogP contribution in [0.4, 0.5) is 5.69 Å². The molecule has 3 N–H and O–H groups in total. The Hall–Kier alpha value is -2.73. The number of thiazole rings is 1. The van der Waals surface area contributed by atoms with Crippen molar-refractivity contribution >= 4 is 55.3 Å². The number of aliphatic carboxylic acids is 1. The zero-order chi connectivity index (χ0) is 25.6. The van der Waals surface area contributed by atoms with Crippen molar-refractivity contribution < 1.29 is 18.3 Å². The van der Waals surface area contributed by atoms with E-state index in [0.29, 0.717) is 28.7 Å². The predicted octanol–water partition coefficient (Wildman–Crippen LogP) is 5.40. The minimum Gasteiger partial charge on any atom is -0.481 e. The number of piperidine rings is 1. The normalized spacial score (nSPS) is 17.4. The Bertz CT molecular complexity index is 1540. The smallest absolute Gasteiger partial charge is 0.306 e. The number of carboxylic acids is 1. The first-order chi connectivity index (χ1) is 17.9. The van der Waals surface area contributed by atoms with Crippen molar-refractivity contribution in [2.24, 2.45) is 11.8 Å². The van der Waals surface area contributed by atoms with Crippen LogP contribution in [0.25, 0.3) is 21.6 Å². The minimum atomic E-state index is -3.69. The van der Waals surface area contributed by atoms with Crippen molar-refractivity contribution in [2.75, 3.05) is 17.8 Å². The van der Waals surface area contributed by atoms with Crippen LogP contribution in [-0.4, -0.2) is 47.5 Å². The van der Waals surface area contributed by atoms with Crippen LogP contribution in [-0.2, 0) is 27.8 Å². The molecule has 1 saturated carbocycles. The summed E-state index contributed by atoms with van der Waals surface area (Å²) >= 11 is 2.86. The second-order valence-corrected chi connectivity index (χ2v) is 13.9. The molecule has 0 bridgehead atoms. The summed E-state index contributed by atoms with van der Waals surface area (Å²) in [5.74, 6) is -0.331. The van der Waals surface area contributed by atoms with Gasteiger partial charge in [0.1, 0.15) is 9.22 Å². The number of carboxylic acid groups (broad SMARTS) is 1. The summed E-state index contributed by atoms with van der Waals surface area (Å²) in [5.41, 5.74) is 3.00.